The average molecular weight is 337 g/mol. The number of nitro groups is 1. The van der Waals surface area contributed by atoms with Crippen LogP contribution in [0.5, 0.6) is 5.75 Å². The molecular weight excluding hydrogens is 318 g/mol. The van der Waals surface area contributed by atoms with Gasteiger partial charge in [-0.25, -0.2) is 4.79 Å². The van der Waals surface area contributed by atoms with E-state index in [1.807, 2.05) is 0 Å². The number of nitrogens with one attached hydrogen (secondary N) is 1. The monoisotopic (exact) mass is 337 g/mol. The minimum Gasteiger partial charge on any atom is -0.495 e. The summed E-state index contributed by atoms with van der Waals surface area (Å²) in [6.45, 7) is 0.784. The molecule has 2 amide bonds. The molecule has 1 aliphatic rings. The molecular formula is C15H19N3O6. The van der Waals surface area contributed by atoms with Crippen LogP contribution in [0.3, 0.4) is 0 Å². The maximum Gasteiger partial charge on any atom is 0.409 e. The number of hydrogen-bond donors (Lipinski definition) is 1. The van der Waals surface area contributed by atoms with Crippen LogP contribution in [-0.2, 0) is 9.53 Å². The maximum absolute atomic E-state index is 12.5. The van der Waals surface area contributed by atoms with Gasteiger partial charge in [-0.3, -0.25) is 14.9 Å². The highest BCUT2D eigenvalue weighted by molar-refractivity contribution is 5.94. The fourth-order valence-electron chi connectivity index (χ4n) is 2.63. The molecule has 1 atom stereocenters. The largest absolute Gasteiger partial charge is 0.495 e. The minimum absolute atomic E-state index is 0.147. The molecule has 0 radical (unpaired) electrons. The van der Waals surface area contributed by atoms with Gasteiger partial charge < -0.3 is 19.7 Å². The van der Waals surface area contributed by atoms with E-state index in [0.29, 0.717) is 25.1 Å². The quantitative estimate of drug-likeness (QED) is 0.664. The predicted octanol–water partition coefficient (Wildman–Crippen LogP) is 2.02. The second-order valence-corrected chi connectivity index (χ2v) is 5.39. The number of methoxy groups -OCH3 is 2. The van der Waals surface area contributed by atoms with Gasteiger partial charge in [-0.05, 0) is 18.9 Å². The van der Waals surface area contributed by atoms with E-state index >= 15 is 0 Å². The lowest BCUT2D eigenvalue weighted by Gasteiger charge is -2.30. The van der Waals surface area contributed by atoms with E-state index < -0.39 is 16.9 Å². The van der Waals surface area contributed by atoms with Crippen LogP contribution in [-0.4, -0.2) is 49.1 Å². The molecule has 0 saturated carbocycles. The highest BCUT2D eigenvalue weighted by atomic mass is 16.6. The molecule has 0 bridgehead atoms. The third-order valence-corrected chi connectivity index (χ3v) is 3.88. The van der Waals surface area contributed by atoms with Crippen LogP contribution in [0.25, 0.3) is 0 Å². The van der Waals surface area contributed by atoms with Gasteiger partial charge in [-0.2, -0.15) is 0 Å². The van der Waals surface area contributed by atoms with Crippen LogP contribution in [0.15, 0.2) is 18.2 Å². The van der Waals surface area contributed by atoms with Gasteiger partial charge in [0.05, 0.1) is 30.7 Å². The second kappa shape index (κ2) is 7.62. The Morgan fingerprint density at radius 2 is 2.12 bits per heavy atom. The zero-order valence-electron chi connectivity index (χ0n) is 13.5. The Hall–Kier alpha value is -2.84. The summed E-state index contributed by atoms with van der Waals surface area (Å²) in [7, 11) is 2.70. The summed E-state index contributed by atoms with van der Waals surface area (Å²) in [4.78, 5) is 35.9. The van der Waals surface area contributed by atoms with Gasteiger partial charge in [-0.1, -0.05) is 0 Å². The fraction of sp³-hybridized carbons (Fsp3) is 0.467. The number of nitrogens with zero attached hydrogens (tertiary/aromatic N) is 2. The molecule has 0 aliphatic carbocycles. The standard InChI is InChI=1S/C15H19N3O6/c1-23-13-6-5-11(18(21)22)8-12(13)16-14(19)10-4-3-7-17(9-10)15(20)24-2/h5-6,8,10H,3-4,7,9H2,1-2H3,(H,16,19)/t10-/m0/s1. The topological polar surface area (TPSA) is 111 Å². The van der Waals surface area contributed by atoms with Crippen LogP contribution >= 0.6 is 0 Å². The molecule has 130 valence electrons. The van der Waals surface area contributed by atoms with E-state index in [9.17, 15) is 19.7 Å². The summed E-state index contributed by atoms with van der Waals surface area (Å²) in [5, 5.41) is 13.5. The highest BCUT2D eigenvalue weighted by Gasteiger charge is 2.29. The van der Waals surface area contributed by atoms with E-state index in [1.165, 1.54) is 37.3 Å². The van der Waals surface area contributed by atoms with Gasteiger partial charge in [-0.15, -0.1) is 0 Å². The minimum atomic E-state index is -0.547. The third kappa shape index (κ3) is 3.92. The molecule has 1 aliphatic heterocycles. The van der Waals surface area contributed by atoms with Crippen molar-refractivity contribution in [2.24, 2.45) is 5.92 Å². The lowest BCUT2D eigenvalue weighted by atomic mass is 9.97. The number of non-ortho nitro benzene ring substituents is 1. The summed E-state index contributed by atoms with van der Waals surface area (Å²) < 4.78 is 9.80. The smallest absolute Gasteiger partial charge is 0.409 e. The van der Waals surface area contributed by atoms with Gasteiger partial charge >= 0.3 is 6.09 Å². The number of benzene rings is 1. The van der Waals surface area contributed by atoms with Crippen molar-refractivity contribution in [3.05, 3.63) is 28.3 Å². The highest BCUT2D eigenvalue weighted by Crippen LogP contribution is 2.30. The number of carbonyl (C=O) groups is 2. The normalized spacial score (nSPS) is 17.1. The Bertz CT molecular complexity index is 648. The molecule has 1 heterocycles. The van der Waals surface area contributed by atoms with E-state index in [1.54, 1.807) is 0 Å². The number of ether oxygens (including phenoxy) is 2. The van der Waals surface area contributed by atoms with Crippen molar-refractivity contribution in [3.8, 4) is 5.75 Å². The van der Waals surface area contributed by atoms with Gasteiger partial charge in [0, 0.05) is 25.2 Å². The molecule has 1 N–H and O–H groups in total. The van der Waals surface area contributed by atoms with E-state index in [4.69, 9.17) is 4.74 Å². The Balaban J connectivity index is 2.12. The number of likely N-dealkylation sites (tertiary alicyclic amines) is 1. The lowest BCUT2D eigenvalue weighted by Crippen LogP contribution is -2.43. The number of anilines is 1. The van der Waals surface area contributed by atoms with Gasteiger partial charge in [0.1, 0.15) is 5.75 Å². The van der Waals surface area contributed by atoms with Crippen molar-refractivity contribution < 1.29 is 24.0 Å². The molecule has 0 unspecified atom stereocenters. The number of carbonyl (C=O) groups excluding carboxylic acids is 2. The first-order valence-corrected chi connectivity index (χ1v) is 7.42. The molecule has 0 spiro atoms. The van der Waals surface area contributed by atoms with Crippen molar-refractivity contribution in [1.82, 2.24) is 4.90 Å². The summed E-state index contributed by atoms with van der Waals surface area (Å²) >= 11 is 0. The van der Waals surface area contributed by atoms with Crippen molar-refractivity contribution in [2.45, 2.75) is 12.8 Å². The van der Waals surface area contributed by atoms with E-state index in [-0.39, 0.29) is 23.8 Å². The van der Waals surface area contributed by atoms with Gasteiger partial charge in [0.15, 0.2) is 0 Å². The van der Waals surface area contributed by atoms with E-state index in [0.717, 1.165) is 0 Å². The summed E-state index contributed by atoms with van der Waals surface area (Å²) in [6, 6.07) is 3.97. The molecule has 9 nitrogen and oxygen atoms in total. The number of rotatable bonds is 4. The van der Waals surface area contributed by atoms with Crippen LogP contribution in [0.1, 0.15) is 12.8 Å². The number of hydrogen-bond acceptors (Lipinski definition) is 6. The molecule has 0 aromatic heterocycles. The zero-order chi connectivity index (χ0) is 17.7. The Morgan fingerprint density at radius 3 is 2.75 bits per heavy atom. The molecule has 1 aromatic rings. The number of nitro benzene ring substituents is 1. The first kappa shape index (κ1) is 17.5. The first-order chi connectivity index (χ1) is 11.5. The van der Waals surface area contributed by atoms with Crippen molar-refractivity contribution in [3.63, 3.8) is 0 Å². The fourth-order valence-corrected chi connectivity index (χ4v) is 2.63. The average Bonchev–Trinajstić information content (AvgIpc) is 2.60. The van der Waals surface area contributed by atoms with Crippen LogP contribution < -0.4 is 10.1 Å². The molecule has 1 fully saturated rings. The molecule has 2 rings (SSSR count). The van der Waals surface area contributed by atoms with Crippen molar-refractivity contribution in [1.29, 1.82) is 0 Å². The maximum atomic E-state index is 12.5. The van der Waals surface area contributed by atoms with Crippen LogP contribution in [0.2, 0.25) is 0 Å². The Labute approximate surface area is 138 Å². The number of piperidine rings is 1. The Kier molecular flexibility index (Phi) is 5.56. The lowest BCUT2D eigenvalue weighted by molar-refractivity contribution is -0.384. The molecule has 1 aromatic carbocycles. The summed E-state index contributed by atoms with van der Waals surface area (Å²) in [5.74, 6) is -0.404. The molecule has 24 heavy (non-hydrogen) atoms. The zero-order valence-corrected chi connectivity index (χ0v) is 13.5. The second-order valence-electron chi connectivity index (χ2n) is 5.39. The van der Waals surface area contributed by atoms with Crippen molar-refractivity contribution >= 4 is 23.4 Å². The van der Waals surface area contributed by atoms with Crippen LogP contribution in [0, 0.1) is 16.0 Å². The SMILES string of the molecule is COC(=O)N1CCC[C@H](C(=O)Nc2cc([N+](=O)[O-])ccc2OC)C1. The third-order valence-electron chi connectivity index (χ3n) is 3.88. The number of amides is 2. The predicted molar refractivity (Wildman–Crippen MR) is 85.0 cm³/mol. The molecule has 9 heteroatoms. The van der Waals surface area contributed by atoms with Gasteiger partial charge in [0.2, 0.25) is 5.91 Å². The Morgan fingerprint density at radius 1 is 1.38 bits per heavy atom. The molecule has 1 saturated heterocycles. The van der Waals surface area contributed by atoms with Crippen LogP contribution in [0.4, 0.5) is 16.2 Å². The van der Waals surface area contributed by atoms with Crippen molar-refractivity contribution in [2.75, 3.05) is 32.6 Å². The summed E-state index contributed by atoms with van der Waals surface area (Å²) in [6.07, 6.45) is 0.830. The first-order valence-electron chi connectivity index (χ1n) is 7.42. The van der Waals surface area contributed by atoms with Gasteiger partial charge in [0.25, 0.3) is 5.69 Å². The van der Waals surface area contributed by atoms with E-state index in [2.05, 4.69) is 10.1 Å². The summed E-state index contributed by atoms with van der Waals surface area (Å²) in [5.41, 5.74) is 0.0813.